The minimum atomic E-state index is 0. The fourth-order valence-corrected chi connectivity index (χ4v) is 8.89. The van der Waals surface area contributed by atoms with Crippen molar-refractivity contribution >= 4 is 22.8 Å². The molecule has 2 nitrogen and oxygen atoms in total. The molecule has 0 aromatic heterocycles. The Morgan fingerprint density at radius 2 is 0.541 bits per heavy atom. The van der Waals surface area contributed by atoms with E-state index in [1.807, 2.05) is 0 Å². The zero-order valence-electron chi connectivity index (χ0n) is 41.5. The van der Waals surface area contributed by atoms with E-state index in [4.69, 9.17) is 9.98 Å². The van der Waals surface area contributed by atoms with E-state index in [9.17, 15) is 0 Å². The van der Waals surface area contributed by atoms with Gasteiger partial charge < -0.3 is 0 Å². The van der Waals surface area contributed by atoms with Gasteiger partial charge in [0.15, 0.2) is 0 Å². The van der Waals surface area contributed by atoms with Gasteiger partial charge in [0.1, 0.15) is 0 Å². The molecule has 2 aromatic rings. The zero-order valence-corrected chi connectivity index (χ0v) is 42.5. The summed E-state index contributed by atoms with van der Waals surface area (Å²) in [5, 5.41) is 0. The van der Waals surface area contributed by atoms with Gasteiger partial charge in [0.25, 0.3) is 0 Å². The number of rotatable bonds is 41. The molecule has 2 rings (SSSR count). The monoisotopic (exact) mass is 883 g/mol. The summed E-state index contributed by atoms with van der Waals surface area (Å²) in [6.45, 7) is 13.9. The SMILES string of the molecule is CCCCCCCCCCCCCCCCCCCCC(=Nc1ccc(CCCC)c(CCCC)c1)C(CCCCCCCC)=Nc1ccc(CCCC)c(CCCC)c1.[Ni]. The summed E-state index contributed by atoms with van der Waals surface area (Å²) < 4.78 is 0. The average Bonchev–Trinajstić information content (AvgIpc) is 3.26. The first-order chi connectivity index (χ1) is 29.6. The van der Waals surface area contributed by atoms with Crippen LogP contribution in [0, 0.1) is 0 Å². The number of unbranched alkanes of at least 4 members (excludes halogenated alkanes) is 26. The van der Waals surface area contributed by atoms with Gasteiger partial charge in [-0.05, 0) is 124 Å². The van der Waals surface area contributed by atoms with Crippen molar-refractivity contribution in [1.29, 1.82) is 0 Å². The minimum absolute atomic E-state index is 0. The van der Waals surface area contributed by atoms with Crippen molar-refractivity contribution in [2.45, 2.75) is 286 Å². The molecule has 0 aliphatic carbocycles. The van der Waals surface area contributed by atoms with Gasteiger partial charge in [0, 0.05) is 16.5 Å². The summed E-state index contributed by atoms with van der Waals surface area (Å²) in [5.41, 5.74) is 10.9. The van der Waals surface area contributed by atoms with Crippen LogP contribution in [0.4, 0.5) is 11.4 Å². The molecule has 2 aromatic carbocycles. The Balaban J connectivity index is 0.0000186. The molecule has 0 amide bonds. The molecule has 0 aliphatic rings. The molecule has 0 spiro atoms. The van der Waals surface area contributed by atoms with Crippen LogP contribution in [0.3, 0.4) is 0 Å². The van der Waals surface area contributed by atoms with Crippen molar-refractivity contribution in [3.8, 4) is 0 Å². The van der Waals surface area contributed by atoms with E-state index in [-0.39, 0.29) is 16.5 Å². The summed E-state index contributed by atoms with van der Waals surface area (Å²) in [7, 11) is 0. The first kappa shape index (κ1) is 57.3. The van der Waals surface area contributed by atoms with Crippen molar-refractivity contribution in [3.05, 3.63) is 58.7 Å². The van der Waals surface area contributed by atoms with E-state index >= 15 is 0 Å². The summed E-state index contributed by atoms with van der Waals surface area (Å²) >= 11 is 0. The molecule has 0 atom stereocenters. The normalized spacial score (nSPS) is 12.0. The van der Waals surface area contributed by atoms with Crippen molar-refractivity contribution in [1.82, 2.24) is 0 Å². The van der Waals surface area contributed by atoms with E-state index in [1.165, 1.54) is 252 Å². The van der Waals surface area contributed by atoms with Crippen molar-refractivity contribution in [3.63, 3.8) is 0 Å². The first-order valence-electron chi connectivity index (χ1n) is 27.0. The second-order valence-corrected chi connectivity index (χ2v) is 18.7. The molecule has 0 heterocycles. The largest absolute Gasteiger partial charge is 0.252 e. The van der Waals surface area contributed by atoms with Crippen LogP contribution in [0.2, 0.25) is 0 Å². The van der Waals surface area contributed by atoms with Crippen LogP contribution in [0.15, 0.2) is 46.4 Å². The fraction of sp³-hybridized carbons (Fsp3) is 0.759. The Kier molecular flexibility index (Phi) is 38.5. The van der Waals surface area contributed by atoms with Crippen LogP contribution in [0.1, 0.15) is 282 Å². The third-order valence-electron chi connectivity index (χ3n) is 13.0. The Morgan fingerprint density at radius 1 is 0.295 bits per heavy atom. The predicted octanol–water partition coefficient (Wildman–Crippen LogP) is 20.1. The van der Waals surface area contributed by atoms with E-state index in [0.29, 0.717) is 0 Å². The predicted molar refractivity (Wildman–Crippen MR) is 273 cm³/mol. The zero-order chi connectivity index (χ0) is 43.1. The maximum Gasteiger partial charge on any atom is 0.0636 e. The minimum Gasteiger partial charge on any atom is -0.252 e. The fourth-order valence-electron chi connectivity index (χ4n) is 8.89. The number of aryl methyl sites for hydroxylation is 4. The van der Waals surface area contributed by atoms with Crippen molar-refractivity contribution in [2.24, 2.45) is 9.98 Å². The molecule has 0 radical (unpaired) electrons. The van der Waals surface area contributed by atoms with Crippen molar-refractivity contribution in [2.75, 3.05) is 0 Å². The number of aliphatic imine (C=N–C) groups is 2. The van der Waals surface area contributed by atoms with Crippen LogP contribution in [-0.2, 0) is 42.2 Å². The number of hydrogen-bond acceptors (Lipinski definition) is 2. The third-order valence-corrected chi connectivity index (χ3v) is 13.0. The Labute approximate surface area is 391 Å². The van der Waals surface area contributed by atoms with Gasteiger partial charge in [0.2, 0.25) is 0 Å². The molecule has 0 fully saturated rings. The summed E-state index contributed by atoms with van der Waals surface area (Å²) in [6, 6.07) is 14.4. The molecule has 61 heavy (non-hydrogen) atoms. The Hall–Kier alpha value is -1.73. The molecule has 0 unspecified atom stereocenters. The number of hydrogen-bond donors (Lipinski definition) is 0. The quantitative estimate of drug-likeness (QED) is 0.0361. The smallest absolute Gasteiger partial charge is 0.0636 e. The second kappa shape index (κ2) is 41.0. The molecule has 0 aliphatic heterocycles. The summed E-state index contributed by atoms with van der Waals surface area (Å²) in [5.74, 6) is 0. The molecule has 0 bridgehead atoms. The summed E-state index contributed by atoms with van der Waals surface area (Å²) in [6.07, 6.45) is 50.0. The van der Waals surface area contributed by atoms with E-state index in [2.05, 4.69) is 77.9 Å². The molecule has 0 saturated heterocycles. The third kappa shape index (κ3) is 28.6. The number of nitrogens with zero attached hydrogens (tertiary/aromatic N) is 2. The van der Waals surface area contributed by atoms with Gasteiger partial charge in [-0.2, -0.15) is 0 Å². The van der Waals surface area contributed by atoms with Crippen LogP contribution in [-0.4, -0.2) is 11.4 Å². The molecule has 3 heteroatoms. The topological polar surface area (TPSA) is 24.7 Å². The maximum absolute atomic E-state index is 5.60. The summed E-state index contributed by atoms with van der Waals surface area (Å²) in [4.78, 5) is 11.2. The van der Waals surface area contributed by atoms with Crippen LogP contribution in [0.25, 0.3) is 0 Å². The second-order valence-electron chi connectivity index (χ2n) is 18.7. The van der Waals surface area contributed by atoms with Crippen LogP contribution < -0.4 is 0 Å². The van der Waals surface area contributed by atoms with Gasteiger partial charge in [-0.3, -0.25) is 9.98 Å². The van der Waals surface area contributed by atoms with Gasteiger partial charge >= 0.3 is 0 Å². The van der Waals surface area contributed by atoms with Gasteiger partial charge in [-0.15, -0.1) is 0 Å². The van der Waals surface area contributed by atoms with Crippen molar-refractivity contribution < 1.29 is 16.5 Å². The van der Waals surface area contributed by atoms with E-state index in [1.54, 1.807) is 0 Å². The van der Waals surface area contributed by atoms with Crippen LogP contribution in [0.5, 0.6) is 0 Å². The Morgan fingerprint density at radius 3 is 0.820 bits per heavy atom. The van der Waals surface area contributed by atoms with Gasteiger partial charge in [-0.25, -0.2) is 0 Å². The molecule has 0 saturated carbocycles. The van der Waals surface area contributed by atoms with Gasteiger partial charge in [-0.1, -0.05) is 221 Å². The Bertz CT molecular complexity index is 1360. The molecular weight excluding hydrogens is 783 g/mol. The number of benzene rings is 2. The molecule has 0 N–H and O–H groups in total. The average molecular weight is 884 g/mol. The van der Waals surface area contributed by atoms with E-state index < -0.39 is 0 Å². The van der Waals surface area contributed by atoms with E-state index in [0.717, 1.165) is 37.1 Å². The van der Waals surface area contributed by atoms with Crippen LogP contribution >= 0.6 is 0 Å². The molecule has 352 valence electrons. The maximum atomic E-state index is 5.60. The molecular formula is C58H100N2Ni. The standard InChI is InChI=1S/C58H100N2.Ni/c1-7-13-19-21-23-24-25-26-27-28-29-30-31-32-33-34-36-38-44-58(60-56-48-46-52(40-16-10-4)54(50-56)42-18-12-6)57(43-37-35-22-20-14-8-2)59-55-47-45-51(39-15-9-3)53(49-55)41-17-11-5;/h45-50H,7-44H2,1-6H3;. The first-order valence-corrected chi connectivity index (χ1v) is 27.0. The van der Waals surface area contributed by atoms with Gasteiger partial charge in [0.05, 0.1) is 22.8 Å².